The Labute approximate surface area is 147 Å². The Balaban J connectivity index is 1.68. The minimum absolute atomic E-state index is 0.221. The molecule has 0 bridgehead atoms. The highest BCUT2D eigenvalue weighted by Gasteiger charge is 2.27. The molecule has 6 heteroatoms. The molecule has 1 aromatic heterocycles. The largest absolute Gasteiger partial charge is 0.355 e. The van der Waals surface area contributed by atoms with Gasteiger partial charge < -0.3 is 16.0 Å². The van der Waals surface area contributed by atoms with E-state index in [1.807, 2.05) is 25.1 Å². The van der Waals surface area contributed by atoms with Crippen LogP contribution < -0.4 is 16.0 Å². The zero-order chi connectivity index (χ0) is 17.4. The lowest BCUT2D eigenvalue weighted by Gasteiger charge is -2.21. The van der Waals surface area contributed by atoms with E-state index in [-0.39, 0.29) is 6.04 Å². The Bertz CT molecular complexity index is 854. The van der Waals surface area contributed by atoms with Crippen molar-refractivity contribution >= 4 is 17.5 Å². The number of rotatable bonds is 3. The van der Waals surface area contributed by atoms with Gasteiger partial charge in [-0.05, 0) is 50.3 Å². The molecule has 3 N–H and O–H groups in total. The van der Waals surface area contributed by atoms with Crippen molar-refractivity contribution in [2.75, 3.05) is 23.3 Å². The molecule has 1 aliphatic carbocycles. The van der Waals surface area contributed by atoms with Crippen LogP contribution in [-0.2, 0) is 12.8 Å². The van der Waals surface area contributed by atoms with Crippen molar-refractivity contribution in [3.63, 3.8) is 0 Å². The van der Waals surface area contributed by atoms with E-state index in [1.165, 1.54) is 5.56 Å². The van der Waals surface area contributed by atoms with Crippen LogP contribution in [0.15, 0.2) is 18.2 Å². The van der Waals surface area contributed by atoms with E-state index in [9.17, 15) is 5.26 Å². The number of hydrogen-bond acceptors (Lipinski definition) is 6. The van der Waals surface area contributed by atoms with Gasteiger partial charge in [0.2, 0.25) is 5.95 Å². The zero-order valence-electron chi connectivity index (χ0n) is 14.4. The number of nitrogens with two attached hydrogens (primary N) is 1. The van der Waals surface area contributed by atoms with Crippen LogP contribution in [0.4, 0.5) is 17.5 Å². The fourth-order valence-corrected chi connectivity index (χ4v) is 3.66. The van der Waals surface area contributed by atoms with Crippen molar-refractivity contribution < 1.29 is 0 Å². The second kappa shape index (κ2) is 6.34. The average molecular weight is 334 g/mol. The summed E-state index contributed by atoms with van der Waals surface area (Å²) in [4.78, 5) is 11.8. The summed E-state index contributed by atoms with van der Waals surface area (Å²) in [5.41, 5.74) is 11.0. The maximum absolute atomic E-state index is 9.22. The maximum Gasteiger partial charge on any atom is 0.229 e. The van der Waals surface area contributed by atoms with Crippen LogP contribution in [0, 0.1) is 18.3 Å². The van der Waals surface area contributed by atoms with Gasteiger partial charge in [-0.1, -0.05) is 6.07 Å². The number of aryl methyl sites for hydroxylation is 2. The molecule has 2 aliphatic rings. The maximum atomic E-state index is 9.22. The fraction of sp³-hybridized carbons (Fsp3) is 0.421. The lowest BCUT2D eigenvalue weighted by Crippen LogP contribution is -2.28. The van der Waals surface area contributed by atoms with Crippen LogP contribution >= 0.6 is 0 Å². The van der Waals surface area contributed by atoms with E-state index < -0.39 is 0 Å². The first-order valence-electron chi connectivity index (χ1n) is 8.82. The van der Waals surface area contributed by atoms with E-state index in [2.05, 4.69) is 16.3 Å². The van der Waals surface area contributed by atoms with Crippen molar-refractivity contribution in [1.82, 2.24) is 9.97 Å². The number of nitrogens with one attached hydrogen (secondary N) is 1. The molecule has 1 aromatic carbocycles. The van der Waals surface area contributed by atoms with Gasteiger partial charge in [0, 0.05) is 30.4 Å². The number of nitrogens with zero attached hydrogens (tertiary/aromatic N) is 4. The van der Waals surface area contributed by atoms with Crippen LogP contribution in [0.25, 0.3) is 0 Å². The Morgan fingerprint density at radius 2 is 2.20 bits per heavy atom. The fourth-order valence-electron chi connectivity index (χ4n) is 3.66. The number of benzene rings is 1. The molecule has 1 atom stereocenters. The Hall–Kier alpha value is -2.65. The van der Waals surface area contributed by atoms with E-state index in [1.54, 1.807) is 0 Å². The Kier molecular flexibility index (Phi) is 4.02. The van der Waals surface area contributed by atoms with Gasteiger partial charge in [0.1, 0.15) is 5.82 Å². The molecule has 0 radical (unpaired) electrons. The molecular weight excluding hydrogens is 312 g/mol. The number of fused-ring (bicyclic) bond motifs is 1. The van der Waals surface area contributed by atoms with Crippen LogP contribution in [-0.4, -0.2) is 29.1 Å². The van der Waals surface area contributed by atoms with Gasteiger partial charge in [-0.2, -0.15) is 10.2 Å². The molecule has 0 spiro atoms. The number of anilines is 3. The third-order valence-corrected chi connectivity index (χ3v) is 5.05. The van der Waals surface area contributed by atoms with Crippen LogP contribution in [0.1, 0.15) is 35.2 Å². The van der Waals surface area contributed by atoms with Crippen LogP contribution in [0.3, 0.4) is 0 Å². The molecule has 1 fully saturated rings. The molecule has 4 rings (SSSR count). The lowest BCUT2D eigenvalue weighted by molar-refractivity contribution is 0.751. The van der Waals surface area contributed by atoms with Crippen LogP contribution in [0.2, 0.25) is 0 Å². The molecule has 1 aliphatic heterocycles. The van der Waals surface area contributed by atoms with Gasteiger partial charge >= 0.3 is 0 Å². The summed E-state index contributed by atoms with van der Waals surface area (Å²) in [6, 6.07) is 8.18. The van der Waals surface area contributed by atoms with E-state index >= 15 is 0 Å². The smallest absolute Gasteiger partial charge is 0.229 e. The molecule has 0 amide bonds. The number of hydrogen-bond donors (Lipinski definition) is 2. The van der Waals surface area contributed by atoms with Gasteiger partial charge in [-0.3, -0.25) is 0 Å². The highest BCUT2D eigenvalue weighted by atomic mass is 15.3. The van der Waals surface area contributed by atoms with E-state index in [0.29, 0.717) is 11.5 Å². The van der Waals surface area contributed by atoms with Crippen molar-refractivity contribution in [1.29, 1.82) is 5.26 Å². The summed E-state index contributed by atoms with van der Waals surface area (Å²) >= 11 is 0. The van der Waals surface area contributed by atoms with Crippen LogP contribution in [0.5, 0.6) is 0 Å². The summed E-state index contributed by atoms with van der Waals surface area (Å²) < 4.78 is 0. The normalized spacial score (nSPS) is 18.9. The zero-order valence-corrected chi connectivity index (χ0v) is 14.4. The minimum atomic E-state index is 0.221. The third-order valence-electron chi connectivity index (χ3n) is 5.05. The van der Waals surface area contributed by atoms with Gasteiger partial charge in [-0.25, -0.2) is 4.98 Å². The predicted octanol–water partition coefficient (Wildman–Crippen LogP) is 2.43. The highest BCUT2D eigenvalue weighted by molar-refractivity contribution is 5.62. The SMILES string of the molecule is Cc1ccc(Nc2nc3c(c(N4CCC(N)C4)n2)CCC3)cc1C#N. The molecule has 2 aromatic rings. The van der Waals surface area contributed by atoms with E-state index in [0.717, 1.165) is 61.5 Å². The minimum Gasteiger partial charge on any atom is -0.355 e. The predicted molar refractivity (Wildman–Crippen MR) is 98.0 cm³/mol. The van der Waals surface area contributed by atoms with Gasteiger partial charge in [0.05, 0.1) is 17.3 Å². The standard InChI is InChI=1S/C19H22N6/c1-12-5-6-15(9-13(12)10-20)22-19-23-17-4-2-3-16(17)18(24-19)25-8-7-14(21)11-25/h5-6,9,14H,2-4,7-8,11,21H2,1H3,(H,22,23,24). The quantitative estimate of drug-likeness (QED) is 0.896. The first kappa shape index (κ1) is 15.9. The second-order valence-corrected chi connectivity index (χ2v) is 6.91. The highest BCUT2D eigenvalue weighted by Crippen LogP contribution is 2.32. The number of aromatic nitrogens is 2. The second-order valence-electron chi connectivity index (χ2n) is 6.91. The molecule has 2 heterocycles. The molecule has 1 saturated heterocycles. The molecule has 6 nitrogen and oxygen atoms in total. The van der Waals surface area contributed by atoms with E-state index in [4.69, 9.17) is 15.7 Å². The van der Waals surface area contributed by atoms with Crippen molar-refractivity contribution in [3.8, 4) is 6.07 Å². The summed E-state index contributed by atoms with van der Waals surface area (Å²) in [5, 5.41) is 12.5. The monoisotopic (exact) mass is 334 g/mol. The first-order chi connectivity index (χ1) is 12.1. The topological polar surface area (TPSA) is 90.9 Å². The van der Waals surface area contributed by atoms with Crippen molar-refractivity contribution in [2.45, 2.75) is 38.6 Å². The molecule has 0 saturated carbocycles. The van der Waals surface area contributed by atoms with Crippen molar-refractivity contribution in [2.24, 2.45) is 5.73 Å². The molecule has 1 unspecified atom stereocenters. The third kappa shape index (κ3) is 3.03. The lowest BCUT2D eigenvalue weighted by atomic mass is 10.1. The Morgan fingerprint density at radius 3 is 2.96 bits per heavy atom. The molecular formula is C19H22N6. The van der Waals surface area contributed by atoms with Gasteiger partial charge in [0.15, 0.2) is 0 Å². The first-order valence-corrected chi connectivity index (χ1v) is 8.82. The average Bonchev–Trinajstić information content (AvgIpc) is 3.24. The summed E-state index contributed by atoms with van der Waals surface area (Å²) in [5.74, 6) is 1.63. The Morgan fingerprint density at radius 1 is 1.32 bits per heavy atom. The van der Waals surface area contributed by atoms with Gasteiger partial charge in [0.25, 0.3) is 0 Å². The molecule has 25 heavy (non-hydrogen) atoms. The summed E-state index contributed by atoms with van der Waals surface area (Å²) in [6.07, 6.45) is 4.17. The molecule has 128 valence electrons. The summed E-state index contributed by atoms with van der Waals surface area (Å²) in [7, 11) is 0. The van der Waals surface area contributed by atoms with Gasteiger partial charge in [-0.15, -0.1) is 0 Å². The van der Waals surface area contributed by atoms with Crippen molar-refractivity contribution in [3.05, 3.63) is 40.6 Å². The number of nitriles is 1. The summed E-state index contributed by atoms with van der Waals surface area (Å²) in [6.45, 7) is 3.74.